The van der Waals surface area contributed by atoms with Crippen molar-refractivity contribution in [3.8, 4) is 12.3 Å². The Balaban J connectivity index is 4.81. The summed E-state index contributed by atoms with van der Waals surface area (Å²) in [4.78, 5) is 25.1. The van der Waals surface area contributed by atoms with Crippen molar-refractivity contribution in [3.05, 3.63) is 0 Å². The summed E-state index contributed by atoms with van der Waals surface area (Å²) in [6.07, 6.45) is 5.83. The lowest BCUT2D eigenvalue weighted by atomic mass is 10.0. The molecule has 0 unspecified atom stereocenters. The van der Waals surface area contributed by atoms with Crippen molar-refractivity contribution in [1.82, 2.24) is 4.90 Å². The molecule has 0 aliphatic heterocycles. The van der Waals surface area contributed by atoms with Crippen LogP contribution < -0.4 is 0 Å². The topological polar surface area (TPSA) is 55.8 Å². The highest BCUT2D eigenvalue weighted by atomic mass is 16.6. The molecule has 0 radical (unpaired) electrons. The first-order chi connectivity index (χ1) is 9.12. The molecule has 114 valence electrons. The van der Waals surface area contributed by atoms with Crippen LogP contribution in [0.2, 0.25) is 0 Å². The molecule has 0 saturated carbocycles. The Morgan fingerprint density at radius 3 is 2.25 bits per heavy atom. The molecule has 2 atom stereocenters. The molecule has 5 heteroatoms. The summed E-state index contributed by atoms with van der Waals surface area (Å²) < 4.78 is 9.99. The normalized spacial score (nSPS) is 13.8. The Morgan fingerprint density at radius 1 is 1.30 bits per heavy atom. The molecule has 0 bridgehead atoms. The van der Waals surface area contributed by atoms with Gasteiger partial charge in [0.25, 0.3) is 0 Å². The second-order valence-electron chi connectivity index (χ2n) is 5.78. The van der Waals surface area contributed by atoms with Gasteiger partial charge in [0.2, 0.25) is 0 Å². The number of carbonyl (C=O) groups excluding carboxylic acids is 2. The lowest BCUT2D eigenvalue weighted by Gasteiger charge is -2.29. The summed E-state index contributed by atoms with van der Waals surface area (Å²) >= 11 is 0. The highest BCUT2D eigenvalue weighted by Crippen LogP contribution is 2.16. The minimum Gasteiger partial charge on any atom is -0.467 e. The molecule has 1 amide bonds. The van der Waals surface area contributed by atoms with Gasteiger partial charge in [-0.2, -0.15) is 0 Å². The quantitative estimate of drug-likeness (QED) is 0.574. The molecule has 5 nitrogen and oxygen atoms in total. The Labute approximate surface area is 121 Å². The predicted octanol–water partition coefficient (Wildman–Crippen LogP) is 2.44. The number of likely N-dealkylation sites (N-methyl/N-ethyl adjacent to an activating group) is 1. The number of carbonyl (C=O) groups is 2. The largest absolute Gasteiger partial charge is 0.467 e. The van der Waals surface area contributed by atoms with E-state index in [0.717, 1.165) is 0 Å². The van der Waals surface area contributed by atoms with Crippen molar-refractivity contribution in [3.63, 3.8) is 0 Å². The Morgan fingerprint density at radius 2 is 1.85 bits per heavy atom. The van der Waals surface area contributed by atoms with Crippen LogP contribution in [0.25, 0.3) is 0 Å². The van der Waals surface area contributed by atoms with E-state index in [9.17, 15) is 9.59 Å². The van der Waals surface area contributed by atoms with E-state index in [2.05, 4.69) is 5.92 Å². The number of ether oxygens (including phenoxy) is 2. The number of methoxy groups -OCH3 is 1. The summed E-state index contributed by atoms with van der Waals surface area (Å²) in [7, 11) is 2.82. The lowest BCUT2D eigenvalue weighted by Crippen LogP contribution is -2.45. The van der Waals surface area contributed by atoms with Crippen LogP contribution in [0.5, 0.6) is 0 Å². The number of rotatable bonds is 5. The molecule has 0 N–H and O–H groups in total. The van der Waals surface area contributed by atoms with Crippen LogP contribution in [-0.2, 0) is 14.3 Å². The van der Waals surface area contributed by atoms with E-state index in [1.165, 1.54) is 19.1 Å². The first kappa shape index (κ1) is 18.3. The highest BCUT2D eigenvalue weighted by molar-refractivity contribution is 5.81. The summed E-state index contributed by atoms with van der Waals surface area (Å²) in [5.41, 5.74) is -0.613. The van der Waals surface area contributed by atoms with E-state index >= 15 is 0 Å². The van der Waals surface area contributed by atoms with Crippen molar-refractivity contribution in [2.45, 2.75) is 52.2 Å². The van der Waals surface area contributed by atoms with Gasteiger partial charge in [0.1, 0.15) is 11.6 Å². The van der Waals surface area contributed by atoms with Crippen molar-refractivity contribution in [1.29, 1.82) is 0 Å². The molecule has 0 aliphatic rings. The van der Waals surface area contributed by atoms with E-state index in [4.69, 9.17) is 15.9 Å². The zero-order valence-corrected chi connectivity index (χ0v) is 13.2. The number of amides is 1. The predicted molar refractivity (Wildman–Crippen MR) is 77.0 cm³/mol. The van der Waals surface area contributed by atoms with Gasteiger partial charge in [0.05, 0.1) is 7.11 Å². The van der Waals surface area contributed by atoms with Gasteiger partial charge in [-0.05, 0) is 33.6 Å². The van der Waals surface area contributed by atoms with E-state index in [-0.39, 0.29) is 5.92 Å². The van der Waals surface area contributed by atoms with Crippen LogP contribution in [0, 0.1) is 18.3 Å². The molecule has 0 rings (SSSR count). The van der Waals surface area contributed by atoms with E-state index in [1.807, 2.05) is 6.92 Å². The first-order valence-electron chi connectivity index (χ1n) is 6.62. The van der Waals surface area contributed by atoms with Gasteiger partial charge in [0.15, 0.2) is 0 Å². The third kappa shape index (κ3) is 6.46. The maximum atomic E-state index is 12.0. The zero-order chi connectivity index (χ0) is 15.9. The molecule has 0 fully saturated rings. The van der Waals surface area contributed by atoms with Gasteiger partial charge in [-0.3, -0.25) is 4.90 Å². The summed E-state index contributed by atoms with van der Waals surface area (Å²) in [5, 5.41) is 0. The third-order valence-corrected chi connectivity index (χ3v) is 2.78. The minimum absolute atomic E-state index is 0.0363. The average molecular weight is 283 g/mol. The van der Waals surface area contributed by atoms with Gasteiger partial charge in [-0.15, -0.1) is 12.3 Å². The van der Waals surface area contributed by atoms with Gasteiger partial charge in [0, 0.05) is 13.0 Å². The summed E-state index contributed by atoms with van der Waals surface area (Å²) in [5.74, 6) is 2.16. The first-order valence-corrected chi connectivity index (χ1v) is 6.62. The van der Waals surface area contributed by atoms with E-state index < -0.39 is 23.7 Å². The Hall–Kier alpha value is -1.70. The molecule has 0 aromatic rings. The Kier molecular flexibility index (Phi) is 7.12. The second-order valence-corrected chi connectivity index (χ2v) is 5.78. The average Bonchev–Trinajstić information content (AvgIpc) is 2.35. The maximum absolute atomic E-state index is 12.0. The van der Waals surface area contributed by atoms with E-state index in [0.29, 0.717) is 12.8 Å². The molecular formula is C15H25NO4. The number of hydrogen-bond donors (Lipinski definition) is 0. The second kappa shape index (κ2) is 7.78. The lowest BCUT2D eigenvalue weighted by molar-refractivity contribution is -0.146. The summed E-state index contributed by atoms with van der Waals surface area (Å²) in [6.45, 7) is 7.20. The van der Waals surface area contributed by atoms with Gasteiger partial charge < -0.3 is 9.47 Å². The monoisotopic (exact) mass is 283 g/mol. The molecule has 0 saturated heterocycles. The fraction of sp³-hybridized carbons (Fsp3) is 0.733. The molecule has 0 spiro atoms. The molecule has 0 aromatic heterocycles. The number of hydrogen-bond acceptors (Lipinski definition) is 4. The van der Waals surface area contributed by atoms with Crippen molar-refractivity contribution >= 4 is 12.1 Å². The van der Waals surface area contributed by atoms with Gasteiger partial charge in [-0.25, -0.2) is 9.59 Å². The number of nitrogens with zero attached hydrogens (tertiary/aromatic N) is 1. The minimum atomic E-state index is -0.689. The number of terminal acetylenes is 1. The molecule has 0 heterocycles. The molecule has 0 aliphatic carbocycles. The van der Waals surface area contributed by atoms with Crippen molar-refractivity contribution in [2.75, 3.05) is 14.2 Å². The molecule has 20 heavy (non-hydrogen) atoms. The van der Waals surface area contributed by atoms with Crippen LogP contribution >= 0.6 is 0 Å². The highest BCUT2D eigenvalue weighted by Gasteiger charge is 2.30. The summed E-state index contributed by atoms with van der Waals surface area (Å²) in [6, 6.07) is -0.689. The van der Waals surface area contributed by atoms with Crippen molar-refractivity contribution < 1.29 is 19.1 Å². The van der Waals surface area contributed by atoms with Gasteiger partial charge in [-0.1, -0.05) is 6.92 Å². The number of esters is 1. The Bertz CT molecular complexity index is 378. The zero-order valence-electron chi connectivity index (χ0n) is 13.2. The van der Waals surface area contributed by atoms with Crippen molar-refractivity contribution in [2.24, 2.45) is 5.92 Å². The van der Waals surface area contributed by atoms with Crippen LogP contribution in [0.3, 0.4) is 0 Å². The van der Waals surface area contributed by atoms with Crippen LogP contribution in [-0.4, -0.2) is 42.8 Å². The van der Waals surface area contributed by atoms with Crippen LogP contribution in [0.4, 0.5) is 4.79 Å². The maximum Gasteiger partial charge on any atom is 0.410 e. The fourth-order valence-electron chi connectivity index (χ4n) is 1.56. The van der Waals surface area contributed by atoms with Crippen LogP contribution in [0.1, 0.15) is 40.5 Å². The van der Waals surface area contributed by atoms with Crippen LogP contribution in [0.15, 0.2) is 0 Å². The SMILES string of the molecule is C#C[C@@H](C)CC[C@@H](C(=O)OC)N(C)C(=O)OC(C)(C)C. The standard InChI is InChI=1S/C15H25NO4/c1-8-11(2)9-10-12(13(17)19-7)16(6)14(18)20-15(3,4)5/h1,11-12H,9-10H2,2-7H3/t11-,12+/m1/s1. The molecular weight excluding hydrogens is 258 g/mol. The smallest absolute Gasteiger partial charge is 0.410 e. The van der Waals surface area contributed by atoms with E-state index in [1.54, 1.807) is 20.8 Å². The van der Waals surface area contributed by atoms with Gasteiger partial charge >= 0.3 is 12.1 Å². The molecule has 0 aromatic carbocycles. The third-order valence-electron chi connectivity index (χ3n) is 2.78. The fourth-order valence-corrected chi connectivity index (χ4v) is 1.56.